The van der Waals surface area contributed by atoms with E-state index >= 15 is 0 Å². The Morgan fingerprint density at radius 1 is 1.48 bits per heavy atom. The van der Waals surface area contributed by atoms with Crippen molar-refractivity contribution in [3.63, 3.8) is 0 Å². The highest BCUT2D eigenvalue weighted by atomic mass is 16.5. The van der Waals surface area contributed by atoms with E-state index in [-0.39, 0.29) is 18.7 Å². The summed E-state index contributed by atoms with van der Waals surface area (Å²) >= 11 is 0. The Hall–Kier alpha value is -1.53. The SMILES string of the molecule is COC[C@H](NC(=O)N[C@@](C)(CO)C1CCCCC1)c1ccco1. The van der Waals surface area contributed by atoms with Gasteiger partial charge in [0.15, 0.2) is 0 Å². The maximum Gasteiger partial charge on any atom is 0.315 e. The Bertz CT molecular complexity index is 471. The number of amides is 2. The van der Waals surface area contributed by atoms with E-state index in [4.69, 9.17) is 9.15 Å². The second-order valence-corrected chi connectivity index (χ2v) is 6.53. The van der Waals surface area contributed by atoms with Crippen molar-refractivity contribution in [2.45, 2.75) is 50.6 Å². The molecule has 1 aromatic heterocycles. The van der Waals surface area contributed by atoms with E-state index in [0.29, 0.717) is 18.3 Å². The molecule has 1 saturated carbocycles. The van der Waals surface area contributed by atoms with Gasteiger partial charge in [0.05, 0.1) is 25.0 Å². The third-order valence-corrected chi connectivity index (χ3v) is 4.76. The first-order valence-electron chi connectivity index (χ1n) is 8.31. The van der Waals surface area contributed by atoms with Gasteiger partial charge in [-0.1, -0.05) is 19.3 Å². The smallest absolute Gasteiger partial charge is 0.315 e. The van der Waals surface area contributed by atoms with Gasteiger partial charge in [0.1, 0.15) is 11.8 Å². The molecule has 2 atom stereocenters. The van der Waals surface area contributed by atoms with E-state index in [1.165, 1.54) is 6.42 Å². The van der Waals surface area contributed by atoms with E-state index in [1.54, 1.807) is 25.5 Å². The highest BCUT2D eigenvalue weighted by molar-refractivity contribution is 5.75. The van der Waals surface area contributed by atoms with Gasteiger partial charge in [-0.2, -0.15) is 0 Å². The van der Waals surface area contributed by atoms with Crippen molar-refractivity contribution in [2.75, 3.05) is 20.3 Å². The van der Waals surface area contributed by atoms with Crippen LogP contribution in [0.4, 0.5) is 4.79 Å². The van der Waals surface area contributed by atoms with Gasteiger partial charge < -0.3 is 24.9 Å². The Balaban J connectivity index is 1.97. The topological polar surface area (TPSA) is 83.7 Å². The number of furan rings is 1. The van der Waals surface area contributed by atoms with Crippen molar-refractivity contribution in [3.05, 3.63) is 24.2 Å². The maximum atomic E-state index is 12.4. The molecular formula is C17H28N2O4. The van der Waals surface area contributed by atoms with Crippen molar-refractivity contribution >= 4 is 6.03 Å². The van der Waals surface area contributed by atoms with Crippen LogP contribution in [-0.4, -0.2) is 37.0 Å². The number of aliphatic hydroxyl groups excluding tert-OH is 1. The van der Waals surface area contributed by atoms with E-state index in [1.807, 2.05) is 6.92 Å². The molecule has 130 valence electrons. The number of methoxy groups -OCH3 is 1. The summed E-state index contributed by atoms with van der Waals surface area (Å²) in [6.07, 6.45) is 7.19. The Morgan fingerprint density at radius 2 is 2.22 bits per heavy atom. The average Bonchev–Trinajstić information content (AvgIpc) is 3.09. The summed E-state index contributed by atoms with van der Waals surface area (Å²) in [5.74, 6) is 0.946. The molecule has 0 aromatic carbocycles. The third-order valence-electron chi connectivity index (χ3n) is 4.76. The normalized spacial score (nSPS) is 19.8. The van der Waals surface area contributed by atoms with Crippen molar-refractivity contribution in [1.29, 1.82) is 0 Å². The minimum absolute atomic E-state index is 0.0687. The molecule has 0 radical (unpaired) electrons. The molecule has 1 aliphatic rings. The molecule has 0 saturated heterocycles. The summed E-state index contributed by atoms with van der Waals surface area (Å²) < 4.78 is 10.5. The highest BCUT2D eigenvalue weighted by Gasteiger charge is 2.36. The molecule has 1 heterocycles. The van der Waals surface area contributed by atoms with Crippen LogP contribution < -0.4 is 10.6 Å². The van der Waals surface area contributed by atoms with Crippen LogP contribution in [0, 0.1) is 5.92 Å². The fourth-order valence-electron chi connectivity index (χ4n) is 3.32. The average molecular weight is 324 g/mol. The molecule has 6 nitrogen and oxygen atoms in total. The summed E-state index contributed by atoms with van der Waals surface area (Å²) in [5, 5.41) is 15.7. The fraction of sp³-hybridized carbons (Fsp3) is 0.706. The molecule has 3 N–H and O–H groups in total. The highest BCUT2D eigenvalue weighted by Crippen LogP contribution is 2.32. The van der Waals surface area contributed by atoms with Gasteiger partial charge in [-0.05, 0) is 37.8 Å². The number of urea groups is 1. The molecule has 0 unspecified atom stereocenters. The van der Waals surface area contributed by atoms with Crippen LogP contribution in [0.3, 0.4) is 0 Å². The summed E-state index contributed by atoms with van der Waals surface area (Å²) in [7, 11) is 1.58. The number of nitrogens with one attached hydrogen (secondary N) is 2. The van der Waals surface area contributed by atoms with Crippen molar-refractivity contribution in [3.8, 4) is 0 Å². The lowest BCUT2D eigenvalue weighted by atomic mass is 9.76. The van der Waals surface area contributed by atoms with Gasteiger partial charge in [-0.15, -0.1) is 0 Å². The first-order chi connectivity index (χ1) is 11.1. The Morgan fingerprint density at radius 3 is 2.78 bits per heavy atom. The summed E-state index contributed by atoms with van der Waals surface area (Å²) in [6, 6.07) is 2.91. The predicted octanol–water partition coefficient (Wildman–Crippen LogP) is 2.60. The Labute approximate surface area is 137 Å². The molecule has 6 heteroatoms. The second-order valence-electron chi connectivity index (χ2n) is 6.53. The van der Waals surface area contributed by atoms with Gasteiger partial charge in [0.2, 0.25) is 0 Å². The fourth-order valence-corrected chi connectivity index (χ4v) is 3.32. The molecule has 2 rings (SSSR count). The van der Waals surface area contributed by atoms with Crippen LogP contribution in [0.5, 0.6) is 0 Å². The van der Waals surface area contributed by atoms with E-state index < -0.39 is 5.54 Å². The lowest BCUT2D eigenvalue weighted by molar-refractivity contribution is 0.0982. The summed E-state index contributed by atoms with van der Waals surface area (Å²) in [6.45, 7) is 2.17. The summed E-state index contributed by atoms with van der Waals surface area (Å²) in [5.41, 5.74) is -0.606. The molecule has 1 aromatic rings. The quantitative estimate of drug-likeness (QED) is 0.720. The number of hydrogen-bond donors (Lipinski definition) is 3. The molecule has 1 fully saturated rings. The first kappa shape index (κ1) is 17.8. The number of hydrogen-bond acceptors (Lipinski definition) is 4. The van der Waals surface area contributed by atoms with Gasteiger partial charge in [-0.25, -0.2) is 4.79 Å². The number of rotatable bonds is 7. The molecule has 23 heavy (non-hydrogen) atoms. The van der Waals surface area contributed by atoms with Gasteiger partial charge in [-0.3, -0.25) is 0 Å². The number of carbonyl (C=O) groups is 1. The molecule has 0 aliphatic heterocycles. The van der Waals surface area contributed by atoms with Crippen LogP contribution in [0.2, 0.25) is 0 Å². The number of aliphatic hydroxyl groups is 1. The first-order valence-corrected chi connectivity index (χ1v) is 8.31. The van der Waals surface area contributed by atoms with Crippen molar-refractivity contribution in [1.82, 2.24) is 10.6 Å². The lowest BCUT2D eigenvalue weighted by Gasteiger charge is -2.39. The predicted molar refractivity (Wildman–Crippen MR) is 87.1 cm³/mol. The van der Waals surface area contributed by atoms with Crippen LogP contribution in [-0.2, 0) is 4.74 Å². The number of carbonyl (C=O) groups excluding carboxylic acids is 1. The van der Waals surface area contributed by atoms with Crippen LogP contribution in [0.15, 0.2) is 22.8 Å². The maximum absolute atomic E-state index is 12.4. The molecule has 0 bridgehead atoms. The van der Waals surface area contributed by atoms with Crippen LogP contribution in [0.1, 0.15) is 50.8 Å². The second kappa shape index (κ2) is 8.36. The minimum Gasteiger partial charge on any atom is -0.467 e. The largest absolute Gasteiger partial charge is 0.467 e. The lowest BCUT2D eigenvalue weighted by Crippen LogP contribution is -2.57. The van der Waals surface area contributed by atoms with Gasteiger partial charge >= 0.3 is 6.03 Å². The zero-order valence-corrected chi connectivity index (χ0v) is 14.0. The minimum atomic E-state index is -0.606. The van der Waals surface area contributed by atoms with Crippen molar-refractivity contribution < 1.29 is 19.1 Å². The molecule has 0 spiro atoms. The van der Waals surface area contributed by atoms with Crippen molar-refractivity contribution in [2.24, 2.45) is 5.92 Å². The third kappa shape index (κ3) is 4.72. The number of ether oxygens (including phenoxy) is 1. The van der Waals surface area contributed by atoms with Gasteiger partial charge in [0.25, 0.3) is 0 Å². The molecule has 1 aliphatic carbocycles. The summed E-state index contributed by atoms with van der Waals surface area (Å²) in [4.78, 5) is 12.4. The monoisotopic (exact) mass is 324 g/mol. The van der Waals surface area contributed by atoms with Crippen LogP contribution in [0.25, 0.3) is 0 Å². The molecular weight excluding hydrogens is 296 g/mol. The van der Waals surface area contributed by atoms with E-state index in [2.05, 4.69) is 10.6 Å². The standard InChI is InChI=1S/C17H28N2O4/c1-17(12-20,13-7-4-3-5-8-13)19-16(21)18-14(11-22-2)15-9-6-10-23-15/h6,9-10,13-14,20H,3-5,7-8,11-12H2,1-2H3,(H2,18,19,21)/t14-,17-/m0/s1. The van der Waals surface area contributed by atoms with E-state index in [0.717, 1.165) is 25.7 Å². The van der Waals surface area contributed by atoms with E-state index in [9.17, 15) is 9.90 Å². The zero-order valence-electron chi connectivity index (χ0n) is 14.0. The Kier molecular flexibility index (Phi) is 6.47. The zero-order chi connectivity index (χ0) is 16.7. The van der Waals surface area contributed by atoms with Gasteiger partial charge in [0, 0.05) is 7.11 Å². The van der Waals surface area contributed by atoms with Crippen LogP contribution >= 0.6 is 0 Å². The molecule has 2 amide bonds.